The number of hydrogen-bond donors (Lipinski definition) is 1. The first-order chi connectivity index (χ1) is 7.11. The Hall–Kier alpha value is 0.120. The van der Waals surface area contributed by atoms with Crippen molar-refractivity contribution in [2.45, 2.75) is 25.3 Å². The van der Waals surface area contributed by atoms with Crippen molar-refractivity contribution in [2.75, 3.05) is 32.6 Å². The van der Waals surface area contributed by atoms with Crippen LogP contribution < -0.4 is 5.73 Å². The lowest BCUT2D eigenvalue weighted by molar-refractivity contribution is 0.199. The van der Waals surface area contributed by atoms with E-state index in [4.69, 9.17) is 10.5 Å². The molecule has 1 heterocycles. The molecular weight excluding hydrogens is 252 g/mol. The summed E-state index contributed by atoms with van der Waals surface area (Å²) in [6.45, 7) is 1.53. The van der Waals surface area contributed by atoms with Gasteiger partial charge >= 0.3 is 0 Å². The van der Waals surface area contributed by atoms with Gasteiger partial charge in [0.15, 0.2) is 0 Å². The van der Waals surface area contributed by atoms with Crippen LogP contribution in [0.5, 0.6) is 0 Å². The molecule has 0 spiro atoms. The van der Waals surface area contributed by atoms with E-state index in [0.717, 1.165) is 12.8 Å². The summed E-state index contributed by atoms with van der Waals surface area (Å²) in [5.74, 6) is 0.164. The SMILES string of the molecule is COCCCS(=O)(=O)N1CCCC1CN.Cl. The second-order valence-corrected chi connectivity index (χ2v) is 5.85. The molecule has 0 aromatic rings. The summed E-state index contributed by atoms with van der Waals surface area (Å²) in [7, 11) is -1.55. The van der Waals surface area contributed by atoms with E-state index in [2.05, 4.69) is 0 Å². The van der Waals surface area contributed by atoms with E-state index in [1.807, 2.05) is 0 Å². The third-order valence-corrected chi connectivity index (χ3v) is 4.70. The van der Waals surface area contributed by atoms with Gasteiger partial charge in [0.25, 0.3) is 0 Å². The summed E-state index contributed by atoms with van der Waals surface area (Å²) in [5, 5.41) is 0. The van der Waals surface area contributed by atoms with Gasteiger partial charge in [-0.05, 0) is 19.3 Å². The van der Waals surface area contributed by atoms with E-state index in [0.29, 0.717) is 26.1 Å². The van der Waals surface area contributed by atoms with Gasteiger partial charge in [-0.3, -0.25) is 0 Å². The molecule has 0 amide bonds. The molecule has 1 rings (SSSR count). The maximum Gasteiger partial charge on any atom is 0.214 e. The standard InChI is InChI=1S/C9H20N2O3S.ClH/c1-14-6-3-7-15(12,13)11-5-2-4-9(11)8-10;/h9H,2-8,10H2,1H3;1H. The lowest BCUT2D eigenvalue weighted by Gasteiger charge is -2.22. The van der Waals surface area contributed by atoms with Crippen molar-refractivity contribution in [2.24, 2.45) is 5.73 Å². The van der Waals surface area contributed by atoms with E-state index in [9.17, 15) is 8.42 Å². The molecule has 5 nitrogen and oxygen atoms in total. The fourth-order valence-corrected chi connectivity index (χ4v) is 3.68. The molecule has 0 aliphatic carbocycles. The van der Waals surface area contributed by atoms with Gasteiger partial charge in [0, 0.05) is 32.8 Å². The van der Waals surface area contributed by atoms with Crippen LogP contribution in [0, 0.1) is 0 Å². The number of rotatable bonds is 6. The van der Waals surface area contributed by atoms with Crippen molar-refractivity contribution >= 4 is 22.4 Å². The van der Waals surface area contributed by atoms with Crippen LogP contribution in [0.2, 0.25) is 0 Å². The third kappa shape index (κ3) is 4.18. The fraction of sp³-hybridized carbons (Fsp3) is 1.00. The van der Waals surface area contributed by atoms with E-state index < -0.39 is 10.0 Å². The second kappa shape index (κ2) is 7.45. The molecule has 2 N–H and O–H groups in total. The van der Waals surface area contributed by atoms with Crippen molar-refractivity contribution in [3.05, 3.63) is 0 Å². The van der Waals surface area contributed by atoms with Gasteiger partial charge in [0.2, 0.25) is 10.0 Å². The molecule has 98 valence electrons. The summed E-state index contributed by atoms with van der Waals surface area (Å²) in [4.78, 5) is 0. The zero-order valence-corrected chi connectivity index (χ0v) is 11.2. The van der Waals surface area contributed by atoms with Crippen LogP contribution in [0.15, 0.2) is 0 Å². The Morgan fingerprint density at radius 1 is 1.50 bits per heavy atom. The van der Waals surface area contributed by atoms with Crippen molar-refractivity contribution in [1.29, 1.82) is 0 Å². The minimum atomic E-state index is -3.12. The molecule has 0 aromatic carbocycles. The third-order valence-electron chi connectivity index (χ3n) is 2.70. The average Bonchev–Trinajstić information content (AvgIpc) is 2.66. The van der Waals surface area contributed by atoms with Gasteiger partial charge < -0.3 is 10.5 Å². The van der Waals surface area contributed by atoms with Gasteiger partial charge in [-0.25, -0.2) is 8.42 Å². The molecule has 0 bridgehead atoms. The quantitative estimate of drug-likeness (QED) is 0.701. The molecule has 1 aliphatic rings. The highest BCUT2D eigenvalue weighted by Crippen LogP contribution is 2.20. The number of nitrogens with two attached hydrogens (primary N) is 1. The zero-order valence-electron chi connectivity index (χ0n) is 9.59. The number of ether oxygens (including phenoxy) is 1. The van der Waals surface area contributed by atoms with E-state index in [1.54, 1.807) is 11.4 Å². The van der Waals surface area contributed by atoms with Gasteiger partial charge in [0.05, 0.1) is 5.75 Å². The van der Waals surface area contributed by atoms with Crippen LogP contribution in [0.1, 0.15) is 19.3 Å². The molecule has 1 unspecified atom stereocenters. The van der Waals surface area contributed by atoms with Gasteiger partial charge in [-0.2, -0.15) is 4.31 Å². The van der Waals surface area contributed by atoms with Gasteiger partial charge in [-0.1, -0.05) is 0 Å². The molecule has 0 saturated carbocycles. The largest absolute Gasteiger partial charge is 0.385 e. The van der Waals surface area contributed by atoms with E-state index in [1.165, 1.54) is 0 Å². The molecule has 1 aliphatic heterocycles. The van der Waals surface area contributed by atoms with E-state index in [-0.39, 0.29) is 24.2 Å². The molecule has 7 heteroatoms. The van der Waals surface area contributed by atoms with Crippen LogP contribution in [0.3, 0.4) is 0 Å². The Morgan fingerprint density at radius 3 is 2.75 bits per heavy atom. The Balaban J connectivity index is 0.00000225. The Labute approximate surface area is 104 Å². The molecule has 1 atom stereocenters. The van der Waals surface area contributed by atoms with Gasteiger partial charge in [0.1, 0.15) is 0 Å². The normalized spacial score (nSPS) is 22.0. The minimum absolute atomic E-state index is 0. The van der Waals surface area contributed by atoms with Crippen molar-refractivity contribution in [3.63, 3.8) is 0 Å². The summed E-state index contributed by atoms with van der Waals surface area (Å²) in [6, 6.07) is 0.0116. The maximum absolute atomic E-state index is 11.9. The predicted molar refractivity (Wildman–Crippen MR) is 66.3 cm³/mol. The van der Waals surface area contributed by atoms with Crippen molar-refractivity contribution in [1.82, 2.24) is 4.31 Å². The summed E-state index contributed by atoms with van der Waals surface area (Å²) in [5.41, 5.74) is 5.54. The van der Waals surface area contributed by atoms with Crippen molar-refractivity contribution in [3.8, 4) is 0 Å². The zero-order chi connectivity index (χ0) is 11.3. The first-order valence-electron chi connectivity index (χ1n) is 5.30. The smallest absolute Gasteiger partial charge is 0.214 e. The number of halogens is 1. The summed E-state index contributed by atoms with van der Waals surface area (Å²) < 4.78 is 30.2. The number of sulfonamides is 1. The Morgan fingerprint density at radius 2 is 2.19 bits per heavy atom. The number of nitrogens with zero attached hydrogens (tertiary/aromatic N) is 1. The van der Waals surface area contributed by atoms with E-state index >= 15 is 0 Å². The van der Waals surface area contributed by atoms with Crippen LogP contribution in [0.4, 0.5) is 0 Å². The molecule has 0 aromatic heterocycles. The lowest BCUT2D eigenvalue weighted by atomic mass is 10.2. The highest BCUT2D eigenvalue weighted by atomic mass is 35.5. The minimum Gasteiger partial charge on any atom is -0.385 e. The van der Waals surface area contributed by atoms with Crippen LogP contribution in [0.25, 0.3) is 0 Å². The molecule has 0 radical (unpaired) electrons. The monoisotopic (exact) mass is 272 g/mol. The highest BCUT2D eigenvalue weighted by molar-refractivity contribution is 7.89. The molecule has 1 fully saturated rings. The van der Waals surface area contributed by atoms with Crippen LogP contribution in [-0.4, -0.2) is 51.3 Å². The fourth-order valence-electron chi connectivity index (χ4n) is 1.91. The summed E-state index contributed by atoms with van der Waals surface area (Å²) in [6.07, 6.45) is 2.36. The maximum atomic E-state index is 11.9. The predicted octanol–water partition coefficient (Wildman–Crippen LogP) is 0.198. The highest BCUT2D eigenvalue weighted by Gasteiger charge is 2.32. The summed E-state index contributed by atoms with van der Waals surface area (Å²) >= 11 is 0. The Kier molecular flexibility index (Phi) is 7.50. The number of hydrogen-bond acceptors (Lipinski definition) is 4. The molecular formula is C9H21ClN2O3S. The van der Waals surface area contributed by atoms with Gasteiger partial charge in [-0.15, -0.1) is 12.4 Å². The second-order valence-electron chi connectivity index (χ2n) is 3.80. The lowest BCUT2D eigenvalue weighted by Crippen LogP contribution is -2.41. The topological polar surface area (TPSA) is 72.6 Å². The Bertz CT molecular complexity index is 284. The van der Waals surface area contributed by atoms with Crippen molar-refractivity contribution < 1.29 is 13.2 Å². The van der Waals surface area contributed by atoms with Crippen LogP contribution in [-0.2, 0) is 14.8 Å². The molecule has 16 heavy (non-hydrogen) atoms. The first kappa shape index (κ1) is 16.1. The number of methoxy groups -OCH3 is 1. The first-order valence-corrected chi connectivity index (χ1v) is 6.91. The average molecular weight is 273 g/mol. The van der Waals surface area contributed by atoms with Crippen LogP contribution >= 0.6 is 12.4 Å². The molecule has 1 saturated heterocycles.